The highest BCUT2D eigenvalue weighted by Crippen LogP contribution is 2.10. The lowest BCUT2D eigenvalue weighted by Crippen LogP contribution is -2.05. The molecule has 1 heteroatoms. The summed E-state index contributed by atoms with van der Waals surface area (Å²) in [6, 6.07) is 0. The van der Waals surface area contributed by atoms with Crippen molar-refractivity contribution in [1.82, 2.24) is 0 Å². The van der Waals surface area contributed by atoms with E-state index in [0.717, 1.165) is 12.8 Å². The lowest BCUT2D eigenvalue weighted by molar-refractivity contribution is 0.163. The topological polar surface area (TPSA) is 20.2 Å². The summed E-state index contributed by atoms with van der Waals surface area (Å²) in [7, 11) is 0. The van der Waals surface area contributed by atoms with Crippen molar-refractivity contribution in [1.29, 1.82) is 0 Å². The van der Waals surface area contributed by atoms with Crippen LogP contribution in [0.25, 0.3) is 0 Å². The average molecular weight is 126 g/mol. The third kappa shape index (κ3) is 2.66. The maximum absolute atomic E-state index is 9.16. The first-order chi connectivity index (χ1) is 4.39. The van der Waals surface area contributed by atoms with E-state index in [1.165, 1.54) is 19.3 Å². The molecule has 9 heavy (non-hydrogen) atoms. The Bertz CT molecular complexity index is 96.7. The molecule has 0 heterocycles. The second-order valence-electron chi connectivity index (χ2n) is 2.65. The summed E-state index contributed by atoms with van der Waals surface area (Å²) >= 11 is 0. The summed E-state index contributed by atoms with van der Waals surface area (Å²) in [5.74, 6) is 0. The first-order valence-corrected chi connectivity index (χ1v) is 3.72. The van der Waals surface area contributed by atoms with Crippen LogP contribution < -0.4 is 0 Å². The number of allylic oxidation sites excluding steroid dienone is 1. The molecular weight excluding hydrogens is 112 g/mol. The van der Waals surface area contributed by atoms with Crippen molar-refractivity contribution in [2.24, 2.45) is 0 Å². The van der Waals surface area contributed by atoms with Crippen molar-refractivity contribution in [2.75, 3.05) is 0 Å². The van der Waals surface area contributed by atoms with Gasteiger partial charge in [0.05, 0.1) is 6.10 Å². The Labute approximate surface area is 56.4 Å². The molecule has 0 radical (unpaired) electrons. The van der Waals surface area contributed by atoms with Crippen molar-refractivity contribution in [3.63, 3.8) is 0 Å². The van der Waals surface area contributed by atoms with Gasteiger partial charge in [-0.25, -0.2) is 0 Å². The number of rotatable bonds is 0. The third-order valence-corrected chi connectivity index (χ3v) is 1.73. The Balaban J connectivity index is 2.28. The van der Waals surface area contributed by atoms with Crippen molar-refractivity contribution in [3.05, 3.63) is 12.2 Å². The fraction of sp³-hybridized carbons (Fsp3) is 0.750. The number of aliphatic hydroxyl groups excluding tert-OH is 1. The molecule has 0 fully saturated rings. The van der Waals surface area contributed by atoms with Gasteiger partial charge in [0.15, 0.2) is 0 Å². The fourth-order valence-corrected chi connectivity index (χ4v) is 1.13. The van der Waals surface area contributed by atoms with Gasteiger partial charge in [0.2, 0.25) is 0 Å². The van der Waals surface area contributed by atoms with E-state index in [2.05, 4.69) is 12.2 Å². The molecule has 1 aliphatic rings. The van der Waals surface area contributed by atoms with Gasteiger partial charge in [0.25, 0.3) is 0 Å². The summed E-state index contributed by atoms with van der Waals surface area (Å²) < 4.78 is 0. The summed E-state index contributed by atoms with van der Waals surface area (Å²) in [5, 5.41) is 9.16. The van der Waals surface area contributed by atoms with Crippen LogP contribution in [0.3, 0.4) is 0 Å². The molecule has 0 spiro atoms. The highest BCUT2D eigenvalue weighted by atomic mass is 16.3. The Morgan fingerprint density at radius 3 is 3.00 bits per heavy atom. The molecule has 0 amide bonds. The molecule has 0 aliphatic heterocycles. The van der Waals surface area contributed by atoms with E-state index in [9.17, 15) is 0 Å². The first-order valence-electron chi connectivity index (χ1n) is 3.72. The van der Waals surface area contributed by atoms with Crippen molar-refractivity contribution in [2.45, 2.75) is 38.2 Å². The van der Waals surface area contributed by atoms with Crippen LogP contribution in [0, 0.1) is 0 Å². The normalized spacial score (nSPS) is 32.8. The number of hydrogen-bond donors (Lipinski definition) is 1. The highest BCUT2D eigenvalue weighted by Gasteiger charge is 2.02. The highest BCUT2D eigenvalue weighted by molar-refractivity contribution is 4.85. The maximum Gasteiger partial charge on any atom is 0.0574 e. The summed E-state index contributed by atoms with van der Waals surface area (Å²) in [6.45, 7) is 0. The van der Waals surface area contributed by atoms with E-state index in [4.69, 9.17) is 5.11 Å². The van der Waals surface area contributed by atoms with Gasteiger partial charge in [-0.1, -0.05) is 18.6 Å². The van der Waals surface area contributed by atoms with E-state index >= 15 is 0 Å². The Kier molecular flexibility index (Phi) is 2.78. The second kappa shape index (κ2) is 3.67. The van der Waals surface area contributed by atoms with E-state index in [0.29, 0.717) is 0 Å². The molecule has 1 rings (SSSR count). The monoisotopic (exact) mass is 126 g/mol. The predicted molar refractivity (Wildman–Crippen MR) is 38.2 cm³/mol. The Hall–Kier alpha value is -0.300. The lowest BCUT2D eigenvalue weighted by atomic mass is 10.0. The van der Waals surface area contributed by atoms with E-state index < -0.39 is 0 Å². The molecule has 0 aromatic rings. The summed E-state index contributed by atoms with van der Waals surface area (Å²) in [4.78, 5) is 0. The van der Waals surface area contributed by atoms with Gasteiger partial charge in [0.1, 0.15) is 0 Å². The van der Waals surface area contributed by atoms with Crippen LogP contribution in [0.4, 0.5) is 0 Å². The van der Waals surface area contributed by atoms with Gasteiger partial charge in [-0.15, -0.1) is 0 Å². The second-order valence-corrected chi connectivity index (χ2v) is 2.65. The minimum Gasteiger partial charge on any atom is -0.393 e. The zero-order chi connectivity index (χ0) is 6.53. The van der Waals surface area contributed by atoms with Gasteiger partial charge in [-0.05, 0) is 25.7 Å². The van der Waals surface area contributed by atoms with Gasteiger partial charge >= 0.3 is 0 Å². The molecule has 52 valence electrons. The molecule has 1 nitrogen and oxygen atoms in total. The zero-order valence-corrected chi connectivity index (χ0v) is 5.71. The molecule has 0 saturated heterocycles. The van der Waals surface area contributed by atoms with Crippen LogP contribution in [-0.2, 0) is 0 Å². The van der Waals surface area contributed by atoms with Gasteiger partial charge in [-0.3, -0.25) is 0 Å². The van der Waals surface area contributed by atoms with Crippen molar-refractivity contribution in [3.8, 4) is 0 Å². The Morgan fingerprint density at radius 1 is 1.22 bits per heavy atom. The van der Waals surface area contributed by atoms with Crippen LogP contribution in [0.2, 0.25) is 0 Å². The smallest absolute Gasteiger partial charge is 0.0574 e. The quantitative estimate of drug-likeness (QED) is 0.491. The predicted octanol–water partition coefficient (Wildman–Crippen LogP) is 1.87. The summed E-state index contributed by atoms with van der Waals surface area (Å²) in [6.07, 6.45) is 9.67. The number of aliphatic hydroxyl groups is 1. The lowest BCUT2D eigenvalue weighted by Gasteiger charge is -2.08. The fourth-order valence-electron chi connectivity index (χ4n) is 1.13. The van der Waals surface area contributed by atoms with Crippen molar-refractivity contribution < 1.29 is 5.11 Å². The Morgan fingerprint density at radius 2 is 2.11 bits per heavy atom. The molecule has 0 aromatic carbocycles. The molecule has 1 unspecified atom stereocenters. The average Bonchev–Trinajstić information content (AvgIpc) is 1.79. The maximum atomic E-state index is 9.16. The molecule has 0 bridgehead atoms. The molecule has 1 atom stereocenters. The zero-order valence-electron chi connectivity index (χ0n) is 5.71. The third-order valence-electron chi connectivity index (χ3n) is 1.73. The minimum absolute atomic E-state index is 0.0680. The van der Waals surface area contributed by atoms with Gasteiger partial charge in [-0.2, -0.15) is 0 Å². The van der Waals surface area contributed by atoms with E-state index in [1.807, 2.05) is 0 Å². The first kappa shape index (κ1) is 6.81. The molecule has 1 aliphatic carbocycles. The van der Waals surface area contributed by atoms with Gasteiger partial charge in [0, 0.05) is 0 Å². The number of hydrogen-bond acceptors (Lipinski definition) is 1. The molecule has 0 aromatic heterocycles. The van der Waals surface area contributed by atoms with Crippen LogP contribution in [0.15, 0.2) is 12.2 Å². The molecule has 1 N–H and O–H groups in total. The van der Waals surface area contributed by atoms with Crippen LogP contribution in [-0.4, -0.2) is 11.2 Å². The SMILES string of the molecule is OC1C/C=C/CCCC1. The van der Waals surface area contributed by atoms with Crippen LogP contribution in [0.1, 0.15) is 32.1 Å². The standard InChI is InChI=1S/C8H14O/c9-8-6-4-2-1-3-5-7-8/h2,4,8-9H,1,3,5-7H2/b4-2+. The van der Waals surface area contributed by atoms with E-state index in [-0.39, 0.29) is 6.10 Å². The van der Waals surface area contributed by atoms with Crippen LogP contribution >= 0.6 is 0 Å². The van der Waals surface area contributed by atoms with Crippen LogP contribution in [0.5, 0.6) is 0 Å². The molecule has 0 saturated carbocycles. The summed E-state index contributed by atoms with van der Waals surface area (Å²) in [5.41, 5.74) is 0. The van der Waals surface area contributed by atoms with E-state index in [1.54, 1.807) is 0 Å². The van der Waals surface area contributed by atoms with Crippen molar-refractivity contribution >= 4 is 0 Å². The minimum atomic E-state index is -0.0680. The van der Waals surface area contributed by atoms with Gasteiger partial charge < -0.3 is 5.11 Å². The molecular formula is C8H14O. The largest absolute Gasteiger partial charge is 0.393 e.